The Kier molecular flexibility index (Phi) is 8.58. The molecule has 1 saturated heterocycles. The van der Waals surface area contributed by atoms with Crippen LogP contribution >= 0.6 is 11.6 Å². The number of oxazole rings is 1. The third-order valence-corrected chi connectivity index (χ3v) is 7.97. The molecule has 2 aromatic heterocycles. The molecule has 0 amide bonds. The van der Waals surface area contributed by atoms with Crippen molar-refractivity contribution in [1.82, 2.24) is 19.4 Å². The summed E-state index contributed by atoms with van der Waals surface area (Å²) in [4.78, 5) is 23.3. The van der Waals surface area contributed by atoms with Crippen molar-refractivity contribution in [3.8, 4) is 11.5 Å². The Hall–Kier alpha value is -4.08. The molecule has 0 unspecified atom stereocenters. The molecule has 2 aliphatic rings. The summed E-state index contributed by atoms with van der Waals surface area (Å²) in [7, 11) is 0. The third-order valence-electron chi connectivity index (χ3n) is 7.71. The predicted molar refractivity (Wildman–Crippen MR) is 158 cm³/mol. The topological polar surface area (TPSA) is 91.8 Å². The number of esters is 1. The van der Waals surface area contributed by atoms with Crippen molar-refractivity contribution in [3.63, 3.8) is 0 Å². The third kappa shape index (κ3) is 6.37. The van der Waals surface area contributed by atoms with Gasteiger partial charge in [-0.1, -0.05) is 35.9 Å². The van der Waals surface area contributed by atoms with E-state index in [-0.39, 0.29) is 12.1 Å². The number of hydrogen-bond acceptors (Lipinski definition) is 8. The molecule has 6 rings (SSSR count). The summed E-state index contributed by atoms with van der Waals surface area (Å²) < 4.78 is 25.2. The van der Waals surface area contributed by atoms with Gasteiger partial charge in [0.05, 0.1) is 31.2 Å². The van der Waals surface area contributed by atoms with Crippen LogP contribution in [0.25, 0.3) is 6.08 Å². The van der Waals surface area contributed by atoms with E-state index in [4.69, 9.17) is 35.2 Å². The molecule has 4 aromatic rings. The van der Waals surface area contributed by atoms with Crippen molar-refractivity contribution >= 4 is 23.6 Å². The van der Waals surface area contributed by atoms with Gasteiger partial charge in [-0.15, -0.1) is 0 Å². The van der Waals surface area contributed by atoms with Gasteiger partial charge in [0.15, 0.2) is 17.6 Å². The minimum absolute atomic E-state index is 0.163. The van der Waals surface area contributed by atoms with Crippen LogP contribution in [0.4, 0.5) is 0 Å². The quantitative estimate of drug-likeness (QED) is 0.173. The summed E-state index contributed by atoms with van der Waals surface area (Å²) in [6.45, 7) is 5.51. The van der Waals surface area contributed by atoms with Crippen molar-refractivity contribution in [2.75, 3.05) is 26.3 Å². The lowest BCUT2D eigenvalue weighted by Crippen LogP contribution is -2.34. The lowest BCUT2D eigenvalue weighted by Gasteiger charge is -2.34. The molecule has 2 aromatic carbocycles. The van der Waals surface area contributed by atoms with Gasteiger partial charge < -0.3 is 23.2 Å². The summed E-state index contributed by atoms with van der Waals surface area (Å²) in [6, 6.07) is 13.9. The van der Waals surface area contributed by atoms with E-state index in [1.165, 1.54) is 11.6 Å². The standard InChI is InChI=1S/C32H33ClN4O5/c1-2-39-31(38)11-10-25-18-35-29(37(25)20-30-34-14-17-40-30)19-36-15-12-22(13-16-36)26-4-3-5-27-32(26)41-21-28(42-27)23-6-8-24(33)9-7-23/h3-11,14,17-18,22,28H,2,12-13,15-16,19-21H2,1H3/b11-10+/t28-/m0/s1. The number of likely N-dealkylation sites (tertiary alicyclic amines) is 1. The average Bonchev–Trinajstić information content (AvgIpc) is 3.67. The molecule has 1 fully saturated rings. The molecule has 0 saturated carbocycles. The van der Waals surface area contributed by atoms with E-state index >= 15 is 0 Å². The first-order valence-electron chi connectivity index (χ1n) is 14.2. The van der Waals surface area contributed by atoms with Gasteiger partial charge in [0, 0.05) is 16.7 Å². The van der Waals surface area contributed by atoms with Gasteiger partial charge >= 0.3 is 5.97 Å². The number of ether oxygens (including phenoxy) is 3. The molecule has 42 heavy (non-hydrogen) atoms. The maximum atomic E-state index is 11.9. The highest BCUT2D eigenvalue weighted by molar-refractivity contribution is 6.30. The highest BCUT2D eigenvalue weighted by Gasteiger charge is 2.30. The molecule has 0 N–H and O–H groups in total. The second-order valence-electron chi connectivity index (χ2n) is 10.4. The Labute approximate surface area is 249 Å². The molecular weight excluding hydrogens is 556 g/mol. The zero-order chi connectivity index (χ0) is 28.9. The molecule has 2 aliphatic heterocycles. The van der Waals surface area contributed by atoms with Crippen LogP contribution in [0.5, 0.6) is 11.5 Å². The number of imidazole rings is 1. The van der Waals surface area contributed by atoms with Crippen molar-refractivity contribution < 1.29 is 23.4 Å². The smallest absolute Gasteiger partial charge is 0.330 e. The van der Waals surface area contributed by atoms with Crippen molar-refractivity contribution in [2.45, 2.75) is 44.9 Å². The Morgan fingerprint density at radius 3 is 2.71 bits per heavy atom. The van der Waals surface area contributed by atoms with Gasteiger partial charge in [-0.3, -0.25) is 4.90 Å². The van der Waals surface area contributed by atoms with E-state index in [1.807, 2.05) is 34.9 Å². The second-order valence-corrected chi connectivity index (χ2v) is 10.8. The first kappa shape index (κ1) is 28.1. The zero-order valence-electron chi connectivity index (χ0n) is 23.4. The number of fused-ring (bicyclic) bond motifs is 1. The van der Waals surface area contributed by atoms with E-state index in [0.717, 1.165) is 54.5 Å². The van der Waals surface area contributed by atoms with Gasteiger partial charge in [-0.25, -0.2) is 14.8 Å². The average molecular weight is 589 g/mol. The maximum Gasteiger partial charge on any atom is 0.330 e. The first-order chi connectivity index (χ1) is 20.6. The molecule has 9 nitrogen and oxygen atoms in total. The largest absolute Gasteiger partial charge is 0.485 e. The van der Waals surface area contributed by atoms with Gasteiger partial charge in [0.2, 0.25) is 5.89 Å². The molecule has 0 bridgehead atoms. The van der Waals surface area contributed by atoms with E-state index in [2.05, 4.69) is 22.0 Å². The summed E-state index contributed by atoms with van der Waals surface area (Å²) in [5.41, 5.74) is 3.04. The fourth-order valence-electron chi connectivity index (χ4n) is 5.57. The molecule has 0 spiro atoms. The Balaban J connectivity index is 1.12. The number of halogens is 1. The van der Waals surface area contributed by atoms with Gasteiger partial charge in [0.1, 0.15) is 25.2 Å². The number of nitrogens with zero attached hydrogens (tertiary/aromatic N) is 4. The molecule has 1 atom stereocenters. The van der Waals surface area contributed by atoms with E-state index in [0.29, 0.717) is 43.1 Å². The fraction of sp³-hybridized carbons (Fsp3) is 0.344. The minimum Gasteiger partial charge on any atom is -0.485 e. The van der Waals surface area contributed by atoms with Crippen LogP contribution in [-0.2, 0) is 22.6 Å². The monoisotopic (exact) mass is 588 g/mol. The highest BCUT2D eigenvalue weighted by atomic mass is 35.5. The number of hydrogen-bond donors (Lipinski definition) is 0. The van der Waals surface area contributed by atoms with Crippen LogP contribution in [0.15, 0.2) is 71.6 Å². The summed E-state index contributed by atoms with van der Waals surface area (Å²) >= 11 is 6.06. The van der Waals surface area contributed by atoms with Gasteiger partial charge in [-0.05, 0) is 68.6 Å². The summed E-state index contributed by atoms with van der Waals surface area (Å²) in [6.07, 6.45) is 9.93. The molecule has 10 heteroatoms. The summed E-state index contributed by atoms with van der Waals surface area (Å²) in [5, 5.41) is 0.703. The van der Waals surface area contributed by atoms with Crippen molar-refractivity contribution in [1.29, 1.82) is 0 Å². The second kappa shape index (κ2) is 12.8. The normalized spacial score (nSPS) is 17.5. The van der Waals surface area contributed by atoms with Gasteiger partial charge in [-0.2, -0.15) is 0 Å². The number of aromatic nitrogens is 3. The van der Waals surface area contributed by atoms with Crippen LogP contribution in [0.1, 0.15) is 60.3 Å². The number of piperidine rings is 1. The number of carbonyl (C=O) groups excluding carboxylic acids is 1. The highest BCUT2D eigenvalue weighted by Crippen LogP contribution is 2.44. The van der Waals surface area contributed by atoms with E-state index in [9.17, 15) is 4.79 Å². The van der Waals surface area contributed by atoms with Crippen molar-refractivity contribution in [3.05, 3.63) is 101 Å². The lowest BCUT2D eigenvalue weighted by atomic mass is 9.88. The number of carbonyl (C=O) groups is 1. The maximum absolute atomic E-state index is 11.9. The molecule has 0 aliphatic carbocycles. The molecule has 0 radical (unpaired) electrons. The molecular formula is C32H33ClN4O5. The van der Waals surface area contributed by atoms with Crippen LogP contribution in [0, 0.1) is 0 Å². The summed E-state index contributed by atoms with van der Waals surface area (Å²) in [5.74, 6) is 3.11. The number of para-hydroxylation sites is 1. The Morgan fingerprint density at radius 1 is 1.12 bits per heavy atom. The lowest BCUT2D eigenvalue weighted by molar-refractivity contribution is -0.137. The van der Waals surface area contributed by atoms with E-state index < -0.39 is 0 Å². The zero-order valence-corrected chi connectivity index (χ0v) is 24.2. The van der Waals surface area contributed by atoms with Crippen LogP contribution in [-0.4, -0.2) is 51.7 Å². The predicted octanol–water partition coefficient (Wildman–Crippen LogP) is 6.04. The number of benzene rings is 2. The molecule has 218 valence electrons. The van der Waals surface area contributed by atoms with Crippen molar-refractivity contribution in [2.24, 2.45) is 0 Å². The molecule has 4 heterocycles. The minimum atomic E-state index is -0.386. The van der Waals surface area contributed by atoms with Crippen LogP contribution in [0.3, 0.4) is 0 Å². The van der Waals surface area contributed by atoms with Crippen LogP contribution < -0.4 is 9.47 Å². The Bertz CT molecular complexity index is 1520. The van der Waals surface area contributed by atoms with Gasteiger partial charge in [0.25, 0.3) is 0 Å². The fourth-order valence-corrected chi connectivity index (χ4v) is 5.70. The Morgan fingerprint density at radius 2 is 1.95 bits per heavy atom. The SMILES string of the molecule is CCOC(=O)/C=C/c1cnc(CN2CCC(c3cccc4c3OC[C@@H](c3ccc(Cl)cc3)O4)CC2)n1Cc1ncco1. The van der Waals surface area contributed by atoms with Crippen LogP contribution in [0.2, 0.25) is 5.02 Å². The van der Waals surface area contributed by atoms with E-state index in [1.54, 1.807) is 31.7 Å². The first-order valence-corrected chi connectivity index (χ1v) is 14.6. The number of rotatable bonds is 9.